The Morgan fingerprint density at radius 2 is 1.87 bits per heavy atom. The molecule has 0 radical (unpaired) electrons. The summed E-state index contributed by atoms with van der Waals surface area (Å²) in [6, 6.07) is 7.32. The molecular formula is C27H31FN8O2. The lowest BCUT2D eigenvalue weighted by Crippen LogP contribution is -2.39. The third-order valence-corrected chi connectivity index (χ3v) is 6.98. The lowest BCUT2D eigenvalue weighted by atomic mass is 9.81. The fourth-order valence-electron chi connectivity index (χ4n) is 5.02. The van der Waals surface area contributed by atoms with Crippen molar-refractivity contribution in [3.05, 3.63) is 51.5 Å². The molecule has 1 aliphatic rings. The van der Waals surface area contributed by atoms with Crippen molar-refractivity contribution in [1.82, 2.24) is 19.3 Å². The van der Waals surface area contributed by atoms with Gasteiger partial charge < -0.3 is 14.3 Å². The zero-order chi connectivity index (χ0) is 27.8. The van der Waals surface area contributed by atoms with E-state index in [0.29, 0.717) is 53.8 Å². The van der Waals surface area contributed by atoms with Gasteiger partial charge in [-0.25, -0.2) is 9.37 Å². The molecular weight excluding hydrogens is 487 g/mol. The number of aromatic nitrogens is 4. The minimum Gasteiger partial charge on any atom is -0.390 e. The molecule has 0 spiro atoms. The summed E-state index contributed by atoms with van der Waals surface area (Å²) < 4.78 is 17.6. The first kappa shape index (κ1) is 26.8. The predicted octanol–water partition coefficient (Wildman–Crippen LogP) is 3.76. The fourth-order valence-corrected chi connectivity index (χ4v) is 5.02. The zero-order valence-corrected chi connectivity index (χ0v) is 22.5. The van der Waals surface area contributed by atoms with Crippen LogP contribution in [0.25, 0.3) is 11.0 Å². The van der Waals surface area contributed by atoms with E-state index in [0.717, 1.165) is 0 Å². The number of nitrogens with zero attached hydrogens (tertiary/aromatic N) is 8. The van der Waals surface area contributed by atoms with E-state index in [4.69, 9.17) is 4.84 Å². The minimum absolute atomic E-state index is 0.00926. The maximum atomic E-state index is 14.7. The van der Waals surface area contributed by atoms with Crippen molar-refractivity contribution in [2.45, 2.75) is 58.1 Å². The second-order valence-electron chi connectivity index (χ2n) is 10.6. The van der Waals surface area contributed by atoms with Crippen molar-refractivity contribution in [2.75, 3.05) is 11.9 Å². The molecule has 1 fully saturated rings. The van der Waals surface area contributed by atoms with Crippen molar-refractivity contribution in [1.29, 1.82) is 10.5 Å². The highest BCUT2D eigenvalue weighted by Gasteiger charge is 2.33. The SMILES string of the molecule is CN(c1c(C#N)c(=O)n(C)c2ccc(C#N)nc12)C1CCC(/C(=N/OC(C)(C)C)c2c(F)cnn2C)CC1. The van der Waals surface area contributed by atoms with Gasteiger partial charge in [-0.05, 0) is 58.6 Å². The maximum absolute atomic E-state index is 14.7. The van der Waals surface area contributed by atoms with E-state index < -0.39 is 17.0 Å². The summed E-state index contributed by atoms with van der Waals surface area (Å²) in [4.78, 5) is 25.1. The van der Waals surface area contributed by atoms with E-state index >= 15 is 0 Å². The van der Waals surface area contributed by atoms with Crippen molar-refractivity contribution >= 4 is 22.4 Å². The first-order valence-electron chi connectivity index (χ1n) is 12.5. The molecule has 38 heavy (non-hydrogen) atoms. The van der Waals surface area contributed by atoms with E-state index in [-0.39, 0.29) is 23.2 Å². The molecule has 11 heteroatoms. The first-order valence-corrected chi connectivity index (χ1v) is 12.5. The largest absolute Gasteiger partial charge is 0.390 e. The van der Waals surface area contributed by atoms with Gasteiger partial charge in [-0.3, -0.25) is 9.48 Å². The normalized spacial score (nSPS) is 18.2. The van der Waals surface area contributed by atoms with E-state index in [1.54, 1.807) is 26.2 Å². The van der Waals surface area contributed by atoms with Gasteiger partial charge in [-0.1, -0.05) is 5.16 Å². The molecule has 1 aliphatic carbocycles. The van der Waals surface area contributed by atoms with Crippen LogP contribution in [0.2, 0.25) is 0 Å². The number of oxime groups is 1. The Balaban J connectivity index is 1.68. The first-order chi connectivity index (χ1) is 18.0. The summed E-state index contributed by atoms with van der Waals surface area (Å²) >= 11 is 0. The lowest BCUT2D eigenvalue weighted by Gasteiger charge is -2.37. The number of halogens is 1. The average Bonchev–Trinajstić information content (AvgIpc) is 3.22. The highest BCUT2D eigenvalue weighted by Crippen LogP contribution is 2.35. The van der Waals surface area contributed by atoms with Gasteiger partial charge in [0, 0.05) is 33.1 Å². The Morgan fingerprint density at radius 3 is 2.42 bits per heavy atom. The number of hydrogen-bond acceptors (Lipinski definition) is 8. The highest BCUT2D eigenvalue weighted by atomic mass is 19.1. The van der Waals surface area contributed by atoms with Gasteiger partial charge in [-0.15, -0.1) is 0 Å². The van der Waals surface area contributed by atoms with E-state index in [1.165, 1.54) is 15.4 Å². The van der Waals surface area contributed by atoms with Crippen molar-refractivity contribution in [2.24, 2.45) is 25.2 Å². The molecule has 0 saturated heterocycles. The van der Waals surface area contributed by atoms with Crippen LogP contribution in [0.1, 0.15) is 63.4 Å². The molecule has 0 N–H and O–H groups in total. The smallest absolute Gasteiger partial charge is 0.270 e. The van der Waals surface area contributed by atoms with Crippen LogP contribution in [0, 0.1) is 34.4 Å². The lowest BCUT2D eigenvalue weighted by molar-refractivity contribution is -0.000156. The third-order valence-electron chi connectivity index (χ3n) is 6.98. The third kappa shape index (κ3) is 4.97. The van der Waals surface area contributed by atoms with Gasteiger partial charge in [0.2, 0.25) is 0 Å². The summed E-state index contributed by atoms with van der Waals surface area (Å²) in [5.41, 5.74) is 1.48. The van der Waals surface area contributed by atoms with Crippen molar-refractivity contribution < 1.29 is 9.23 Å². The van der Waals surface area contributed by atoms with Gasteiger partial charge in [0.15, 0.2) is 5.82 Å². The predicted molar refractivity (Wildman–Crippen MR) is 141 cm³/mol. The van der Waals surface area contributed by atoms with Crippen LogP contribution >= 0.6 is 0 Å². The molecule has 10 nitrogen and oxygen atoms in total. The number of rotatable bonds is 5. The van der Waals surface area contributed by atoms with Gasteiger partial charge in [0.25, 0.3) is 5.56 Å². The van der Waals surface area contributed by atoms with Crippen LogP contribution in [0.5, 0.6) is 0 Å². The average molecular weight is 519 g/mol. The van der Waals surface area contributed by atoms with Gasteiger partial charge in [-0.2, -0.15) is 15.6 Å². The molecule has 0 aromatic carbocycles. The Bertz CT molecular complexity index is 1520. The topological polar surface area (TPSA) is 125 Å². The minimum atomic E-state index is -0.540. The Morgan fingerprint density at radius 1 is 1.18 bits per heavy atom. The monoisotopic (exact) mass is 518 g/mol. The van der Waals surface area contributed by atoms with E-state index in [9.17, 15) is 19.7 Å². The van der Waals surface area contributed by atoms with Crippen LogP contribution in [-0.4, -0.2) is 43.7 Å². The maximum Gasteiger partial charge on any atom is 0.270 e. The standard InChI is InChI=1S/C27H31FN8O2/c1-27(2,3)38-33-22(25-20(28)15-31-36(25)6)16-7-10-18(11-8-16)34(4)24-19(14-30)26(37)35(5)21-12-9-17(13-29)32-23(21)24/h9,12,15-16,18H,7-8,10-11H2,1-6H3/b33-22-. The molecule has 0 amide bonds. The molecule has 3 aromatic heterocycles. The van der Waals surface area contributed by atoms with Crippen LogP contribution < -0.4 is 10.5 Å². The zero-order valence-electron chi connectivity index (χ0n) is 22.5. The molecule has 198 valence electrons. The van der Waals surface area contributed by atoms with Crippen LogP contribution in [-0.2, 0) is 18.9 Å². The Hall–Kier alpha value is -4.25. The van der Waals surface area contributed by atoms with Gasteiger partial charge in [0.05, 0.1) is 17.4 Å². The molecule has 0 bridgehead atoms. The van der Waals surface area contributed by atoms with Crippen LogP contribution in [0.15, 0.2) is 28.3 Å². The Labute approximate surface area is 220 Å². The van der Waals surface area contributed by atoms with Crippen LogP contribution in [0.4, 0.5) is 10.1 Å². The number of aryl methyl sites for hydroxylation is 2. The van der Waals surface area contributed by atoms with Crippen LogP contribution in [0.3, 0.4) is 0 Å². The molecule has 3 aromatic rings. The van der Waals surface area contributed by atoms with E-state index in [2.05, 4.69) is 21.3 Å². The summed E-state index contributed by atoms with van der Waals surface area (Å²) in [6.45, 7) is 5.64. The molecule has 4 rings (SSSR count). The molecule has 0 atom stereocenters. The van der Waals surface area contributed by atoms with Gasteiger partial charge in [0.1, 0.15) is 45.9 Å². The van der Waals surface area contributed by atoms with Crippen molar-refractivity contribution in [3.63, 3.8) is 0 Å². The molecule has 0 aliphatic heterocycles. The number of hydrogen-bond donors (Lipinski definition) is 0. The summed E-state index contributed by atoms with van der Waals surface area (Å²) in [5, 5.41) is 27.7. The summed E-state index contributed by atoms with van der Waals surface area (Å²) in [5.74, 6) is -0.515. The molecule has 1 saturated carbocycles. The summed E-state index contributed by atoms with van der Waals surface area (Å²) in [7, 11) is 5.11. The van der Waals surface area contributed by atoms with E-state index in [1.807, 2.05) is 38.8 Å². The quantitative estimate of drug-likeness (QED) is 0.372. The number of fused-ring (bicyclic) bond motifs is 1. The fraction of sp³-hybridized carbons (Fsp3) is 0.481. The summed E-state index contributed by atoms with van der Waals surface area (Å²) in [6.07, 6.45) is 3.96. The number of pyridine rings is 2. The molecule has 0 unspecified atom stereocenters. The highest BCUT2D eigenvalue weighted by molar-refractivity contribution is 6.01. The molecule has 3 heterocycles. The van der Waals surface area contributed by atoms with Crippen molar-refractivity contribution in [3.8, 4) is 12.1 Å². The second-order valence-corrected chi connectivity index (χ2v) is 10.6. The Kier molecular flexibility index (Phi) is 7.23. The number of anilines is 1. The number of nitriles is 2. The second kappa shape index (κ2) is 10.3. The van der Waals surface area contributed by atoms with Gasteiger partial charge >= 0.3 is 0 Å².